The summed E-state index contributed by atoms with van der Waals surface area (Å²) in [4.78, 5) is 36.9. The first-order valence-corrected chi connectivity index (χ1v) is 13.1. The van der Waals surface area contributed by atoms with Gasteiger partial charge in [0.2, 0.25) is 5.91 Å². The lowest BCUT2D eigenvalue weighted by Gasteiger charge is -2.30. The maximum Gasteiger partial charge on any atom is 0.328 e. The summed E-state index contributed by atoms with van der Waals surface area (Å²) in [5.41, 5.74) is 1.04. The number of benzene rings is 2. The second kappa shape index (κ2) is 11.7. The summed E-state index contributed by atoms with van der Waals surface area (Å²) in [6.45, 7) is 7.27. The van der Waals surface area contributed by atoms with Gasteiger partial charge in [-0.3, -0.25) is 9.59 Å². The molecule has 0 radical (unpaired) electrons. The van der Waals surface area contributed by atoms with E-state index in [0.29, 0.717) is 10.8 Å². The third-order valence-corrected chi connectivity index (χ3v) is 10.4. The molecule has 1 atom stereocenters. The summed E-state index contributed by atoms with van der Waals surface area (Å²) in [5.74, 6) is -1.53. The van der Waals surface area contributed by atoms with E-state index in [-0.39, 0.29) is 24.0 Å². The lowest BCUT2D eigenvalue weighted by Crippen LogP contribution is -2.49. The second-order valence-electron chi connectivity index (χ2n) is 8.67. The van der Waals surface area contributed by atoms with E-state index >= 15 is 4.11 Å². The van der Waals surface area contributed by atoms with Gasteiger partial charge < -0.3 is 19.5 Å². The first kappa shape index (κ1) is 26.3. The zero-order valence-electron chi connectivity index (χ0n) is 19.9. The number of amides is 2. The fourth-order valence-electron chi connectivity index (χ4n) is 3.90. The van der Waals surface area contributed by atoms with Gasteiger partial charge in [0.25, 0.3) is 14.3 Å². The predicted molar refractivity (Wildman–Crippen MR) is 130 cm³/mol. The lowest BCUT2D eigenvalue weighted by atomic mass is 10.1. The summed E-state index contributed by atoms with van der Waals surface area (Å²) < 4.78 is 20.5. The SMILES string of the molecule is COC(=O)[C@H](Cc1ccccc1)NC(=O)CNC(=O)c1ccc([Si](F)(C(C)C)C(C)C)cc1. The lowest BCUT2D eigenvalue weighted by molar-refractivity contribution is -0.144. The quantitative estimate of drug-likeness (QED) is 0.316. The second-order valence-corrected chi connectivity index (χ2v) is 13.1. The van der Waals surface area contributed by atoms with Crippen molar-refractivity contribution in [3.05, 3.63) is 65.7 Å². The number of rotatable bonds is 10. The molecule has 0 bridgehead atoms. The van der Waals surface area contributed by atoms with Gasteiger partial charge in [-0.05, 0) is 34.0 Å². The molecular weight excluding hydrogens is 439 g/mol. The molecule has 2 amide bonds. The summed E-state index contributed by atoms with van der Waals surface area (Å²) in [6, 6.07) is 14.9. The highest BCUT2D eigenvalue weighted by Crippen LogP contribution is 2.33. The highest BCUT2D eigenvalue weighted by Gasteiger charge is 2.43. The predicted octanol–water partition coefficient (Wildman–Crippen LogP) is 3.26. The number of halogens is 1. The molecule has 178 valence electrons. The minimum absolute atomic E-state index is 0.0838. The standard InChI is InChI=1S/C25H33FN2O4Si/c1-17(2)33(26,18(3)4)21-13-11-20(12-14-21)24(30)27-16-23(29)28-22(25(31)32-5)15-19-9-7-6-8-10-19/h6-14,17-18,22H,15-16H2,1-5H3,(H,27,30)(H,28,29)/t22-/m0/s1. The normalized spacial score (nSPS) is 12.4. The van der Waals surface area contributed by atoms with Crippen molar-refractivity contribution >= 4 is 31.4 Å². The van der Waals surface area contributed by atoms with E-state index in [2.05, 4.69) is 10.6 Å². The van der Waals surface area contributed by atoms with Crippen molar-refractivity contribution in [2.45, 2.75) is 51.2 Å². The molecule has 0 unspecified atom stereocenters. The molecule has 6 nitrogen and oxygen atoms in total. The van der Waals surface area contributed by atoms with E-state index in [0.717, 1.165) is 5.56 Å². The zero-order chi connectivity index (χ0) is 24.6. The number of ether oxygens (including phenoxy) is 1. The first-order valence-electron chi connectivity index (χ1n) is 11.1. The molecule has 0 heterocycles. The molecule has 0 spiro atoms. The van der Waals surface area contributed by atoms with Crippen LogP contribution in [0.3, 0.4) is 0 Å². The van der Waals surface area contributed by atoms with Gasteiger partial charge in [-0.25, -0.2) is 4.79 Å². The Balaban J connectivity index is 1.98. The van der Waals surface area contributed by atoms with Crippen LogP contribution in [0.25, 0.3) is 0 Å². The molecule has 2 rings (SSSR count). The number of hydrogen-bond acceptors (Lipinski definition) is 4. The van der Waals surface area contributed by atoms with E-state index in [4.69, 9.17) is 4.74 Å². The Kier molecular flexibility index (Phi) is 9.34. The molecule has 0 aliphatic carbocycles. The van der Waals surface area contributed by atoms with Crippen LogP contribution in [0.5, 0.6) is 0 Å². The van der Waals surface area contributed by atoms with Crippen LogP contribution in [0.15, 0.2) is 54.6 Å². The molecule has 0 fully saturated rings. The smallest absolute Gasteiger partial charge is 0.328 e. The molecule has 2 aromatic carbocycles. The van der Waals surface area contributed by atoms with Gasteiger partial charge in [-0.2, -0.15) is 0 Å². The summed E-state index contributed by atoms with van der Waals surface area (Å²) in [7, 11) is -1.92. The summed E-state index contributed by atoms with van der Waals surface area (Å²) >= 11 is 0. The van der Waals surface area contributed by atoms with Gasteiger partial charge in [0, 0.05) is 12.0 Å². The third kappa shape index (κ3) is 6.74. The van der Waals surface area contributed by atoms with Crippen LogP contribution in [0.2, 0.25) is 11.1 Å². The van der Waals surface area contributed by atoms with E-state index in [9.17, 15) is 14.4 Å². The van der Waals surface area contributed by atoms with Crippen LogP contribution in [0.4, 0.5) is 4.11 Å². The van der Waals surface area contributed by atoms with Gasteiger partial charge in [-0.1, -0.05) is 70.2 Å². The van der Waals surface area contributed by atoms with Gasteiger partial charge in [0.05, 0.1) is 13.7 Å². The number of methoxy groups -OCH3 is 1. The number of esters is 1. The van der Waals surface area contributed by atoms with E-state index < -0.39 is 32.2 Å². The van der Waals surface area contributed by atoms with Crippen molar-refractivity contribution in [2.75, 3.05) is 13.7 Å². The molecule has 0 saturated heterocycles. The van der Waals surface area contributed by atoms with Crippen LogP contribution < -0.4 is 15.8 Å². The Morgan fingerprint density at radius 3 is 2.03 bits per heavy atom. The van der Waals surface area contributed by atoms with E-state index in [1.54, 1.807) is 24.3 Å². The number of carbonyl (C=O) groups excluding carboxylic acids is 3. The monoisotopic (exact) mass is 472 g/mol. The average molecular weight is 473 g/mol. The number of carbonyl (C=O) groups is 3. The summed E-state index contributed by atoms with van der Waals surface area (Å²) in [5, 5.41) is 5.80. The number of hydrogen-bond donors (Lipinski definition) is 2. The Morgan fingerprint density at radius 2 is 1.52 bits per heavy atom. The average Bonchev–Trinajstić information content (AvgIpc) is 2.81. The zero-order valence-corrected chi connectivity index (χ0v) is 20.9. The molecular formula is C25H33FN2O4Si. The maximum absolute atomic E-state index is 15.7. The molecule has 2 N–H and O–H groups in total. The van der Waals surface area contributed by atoms with Crippen LogP contribution in [-0.4, -0.2) is 45.9 Å². The van der Waals surface area contributed by atoms with E-state index in [1.165, 1.54) is 7.11 Å². The topological polar surface area (TPSA) is 84.5 Å². The number of nitrogens with one attached hydrogen (secondary N) is 2. The van der Waals surface area contributed by atoms with Crippen molar-refractivity contribution in [1.29, 1.82) is 0 Å². The summed E-state index contributed by atoms with van der Waals surface area (Å²) in [6.07, 6.45) is 0.273. The van der Waals surface area contributed by atoms with Gasteiger partial charge in [0.15, 0.2) is 0 Å². The Bertz CT molecular complexity index is 941. The van der Waals surface area contributed by atoms with Crippen LogP contribution in [0, 0.1) is 0 Å². The third-order valence-electron chi connectivity index (χ3n) is 5.78. The first-order chi connectivity index (χ1) is 15.6. The maximum atomic E-state index is 15.7. The molecule has 0 saturated carbocycles. The minimum atomic E-state index is -3.18. The van der Waals surface area contributed by atoms with Crippen molar-refractivity contribution in [3.8, 4) is 0 Å². The minimum Gasteiger partial charge on any atom is -0.467 e. The van der Waals surface area contributed by atoms with Gasteiger partial charge >= 0.3 is 5.97 Å². The van der Waals surface area contributed by atoms with Gasteiger partial charge in [0.1, 0.15) is 6.04 Å². The fourth-order valence-corrected chi connectivity index (χ4v) is 7.25. The molecule has 0 aliphatic rings. The highest BCUT2D eigenvalue weighted by molar-refractivity contribution is 6.88. The van der Waals surface area contributed by atoms with Crippen LogP contribution >= 0.6 is 0 Å². The van der Waals surface area contributed by atoms with Crippen LogP contribution in [0.1, 0.15) is 43.6 Å². The molecule has 33 heavy (non-hydrogen) atoms. The Morgan fingerprint density at radius 1 is 0.939 bits per heavy atom. The molecule has 0 aliphatic heterocycles. The van der Waals surface area contributed by atoms with Crippen molar-refractivity contribution in [3.63, 3.8) is 0 Å². The largest absolute Gasteiger partial charge is 0.467 e. The van der Waals surface area contributed by atoms with Crippen molar-refractivity contribution < 1.29 is 23.2 Å². The molecule has 2 aromatic rings. The van der Waals surface area contributed by atoms with Crippen molar-refractivity contribution in [2.24, 2.45) is 0 Å². The van der Waals surface area contributed by atoms with Crippen molar-refractivity contribution in [1.82, 2.24) is 10.6 Å². The fraction of sp³-hybridized carbons (Fsp3) is 0.400. The Hall–Kier alpha value is -3.00. The molecule has 8 heteroatoms. The Labute approximate surface area is 196 Å². The highest BCUT2D eigenvalue weighted by atomic mass is 28.4. The molecule has 0 aromatic heterocycles. The van der Waals surface area contributed by atoms with Crippen LogP contribution in [-0.2, 0) is 20.7 Å². The van der Waals surface area contributed by atoms with Gasteiger partial charge in [-0.15, -0.1) is 0 Å². The van der Waals surface area contributed by atoms with E-state index in [1.807, 2.05) is 58.0 Å².